The number of rotatable bonds is 14. The van der Waals surface area contributed by atoms with Gasteiger partial charge >= 0.3 is 0 Å². The van der Waals surface area contributed by atoms with Gasteiger partial charge in [0.05, 0.1) is 55.7 Å². The maximum Gasteiger partial charge on any atom is 0.259 e. The summed E-state index contributed by atoms with van der Waals surface area (Å²) >= 11 is 0. The van der Waals surface area contributed by atoms with Crippen molar-refractivity contribution in [3.8, 4) is 17.2 Å². The van der Waals surface area contributed by atoms with Crippen molar-refractivity contribution in [2.24, 2.45) is 0 Å². The predicted octanol–water partition coefficient (Wildman–Crippen LogP) is 4.00. The summed E-state index contributed by atoms with van der Waals surface area (Å²) in [6.07, 6.45) is 4.85. The largest absolute Gasteiger partial charge is 0.497 e. The van der Waals surface area contributed by atoms with Crippen LogP contribution in [0.15, 0.2) is 59.5 Å². The van der Waals surface area contributed by atoms with Crippen LogP contribution in [0, 0.1) is 0 Å². The Bertz CT molecular complexity index is 1410. The number of anilines is 3. The molecule has 1 heterocycles. The average molecular weight is 545 g/mol. The molecule has 0 bridgehead atoms. The van der Waals surface area contributed by atoms with Gasteiger partial charge in [0.2, 0.25) is 0 Å². The molecule has 3 N–H and O–H groups in total. The van der Waals surface area contributed by atoms with Gasteiger partial charge < -0.3 is 29.4 Å². The molecule has 2 aromatic carbocycles. The second-order valence-electron chi connectivity index (χ2n) is 7.83. The quantitative estimate of drug-likeness (QED) is 0.201. The lowest BCUT2D eigenvalue weighted by Crippen LogP contribution is -2.16. The molecule has 0 fully saturated rings. The lowest BCUT2D eigenvalue weighted by Gasteiger charge is -2.19. The molecule has 0 radical (unpaired) electrons. The monoisotopic (exact) mass is 544 g/mol. The summed E-state index contributed by atoms with van der Waals surface area (Å²) in [6, 6.07) is 10.4. The van der Waals surface area contributed by atoms with Gasteiger partial charge in [-0.05, 0) is 32.1 Å². The number of benzene rings is 2. The number of ether oxygens (including phenoxy) is 4. The van der Waals surface area contributed by atoms with Crippen LogP contribution in [0.1, 0.15) is 13.8 Å². The summed E-state index contributed by atoms with van der Waals surface area (Å²) in [5.41, 5.74) is 1.45. The maximum absolute atomic E-state index is 13.0. The first-order chi connectivity index (χ1) is 18.3. The van der Waals surface area contributed by atoms with Crippen molar-refractivity contribution in [2.75, 3.05) is 50.7 Å². The Balaban J connectivity index is 2.07. The zero-order valence-corrected chi connectivity index (χ0v) is 22.5. The second-order valence-corrected chi connectivity index (χ2v) is 9.69. The van der Waals surface area contributed by atoms with Gasteiger partial charge in [0, 0.05) is 12.1 Å². The zero-order chi connectivity index (χ0) is 27.5. The molecule has 0 spiro atoms. The molecular weight excluding hydrogens is 512 g/mol. The normalized spacial score (nSPS) is 12.1. The Kier molecular flexibility index (Phi) is 10.3. The number of methoxy groups -OCH3 is 2. The number of aliphatic hydroxyl groups excluding tert-OH is 1. The third-order valence-corrected chi connectivity index (χ3v) is 6.64. The van der Waals surface area contributed by atoms with Crippen LogP contribution < -0.4 is 24.2 Å². The minimum atomic E-state index is -3.93. The Morgan fingerprint density at radius 1 is 1.03 bits per heavy atom. The van der Waals surface area contributed by atoms with Gasteiger partial charge in [0.1, 0.15) is 12.4 Å². The van der Waals surface area contributed by atoms with Crippen LogP contribution in [-0.4, -0.2) is 64.1 Å². The molecule has 0 aliphatic rings. The van der Waals surface area contributed by atoms with E-state index >= 15 is 0 Å². The number of para-hydroxylation sites is 2. The molecule has 38 heavy (non-hydrogen) atoms. The van der Waals surface area contributed by atoms with Gasteiger partial charge in [-0.2, -0.15) is 0 Å². The number of allylic oxidation sites excluding steroid dienone is 4. The van der Waals surface area contributed by atoms with Crippen LogP contribution in [0.4, 0.5) is 17.3 Å². The second kappa shape index (κ2) is 13.6. The summed E-state index contributed by atoms with van der Waals surface area (Å²) in [7, 11) is -0.928. The number of aliphatic hydroxyl groups is 1. The van der Waals surface area contributed by atoms with E-state index < -0.39 is 10.0 Å². The summed E-state index contributed by atoms with van der Waals surface area (Å²) in [5.74, 6) is 1.30. The molecule has 0 unspecified atom stereocenters. The predicted molar refractivity (Wildman–Crippen MR) is 147 cm³/mol. The van der Waals surface area contributed by atoms with E-state index in [1.807, 2.05) is 6.07 Å². The van der Waals surface area contributed by atoms with E-state index in [-0.39, 0.29) is 43.0 Å². The fourth-order valence-corrected chi connectivity index (χ4v) is 4.09. The molecule has 0 saturated carbocycles. The third kappa shape index (κ3) is 7.34. The molecule has 3 aromatic rings. The van der Waals surface area contributed by atoms with Gasteiger partial charge in [-0.1, -0.05) is 24.3 Å². The maximum atomic E-state index is 13.0. The number of aromatic nitrogens is 2. The molecule has 3 rings (SSSR count). The van der Waals surface area contributed by atoms with Gasteiger partial charge in [0.15, 0.2) is 23.1 Å². The Morgan fingerprint density at radius 3 is 2.37 bits per heavy atom. The van der Waals surface area contributed by atoms with E-state index in [2.05, 4.69) is 20.0 Å². The van der Waals surface area contributed by atoms with Gasteiger partial charge in [-0.3, -0.25) is 4.72 Å². The van der Waals surface area contributed by atoms with Crippen molar-refractivity contribution in [2.45, 2.75) is 13.8 Å². The fourth-order valence-electron chi connectivity index (χ4n) is 3.27. The zero-order valence-electron chi connectivity index (χ0n) is 21.7. The molecule has 0 atom stereocenters. The smallest absolute Gasteiger partial charge is 0.259 e. The first-order valence-corrected chi connectivity index (χ1v) is 13.2. The molecular formula is C26H32N4O7S. The third-order valence-electron chi connectivity index (χ3n) is 5.20. The van der Waals surface area contributed by atoms with Crippen LogP contribution in [0.2, 0.25) is 0 Å². The summed E-state index contributed by atoms with van der Waals surface area (Å²) in [5, 5.41) is 12.1. The van der Waals surface area contributed by atoms with Crippen LogP contribution in [0.5, 0.6) is 17.2 Å². The number of sulfonamides is 1. The minimum absolute atomic E-state index is 0.00376. The van der Waals surface area contributed by atoms with Gasteiger partial charge in [-0.25, -0.2) is 18.4 Å². The van der Waals surface area contributed by atoms with E-state index in [0.29, 0.717) is 34.0 Å². The highest BCUT2D eigenvalue weighted by Gasteiger charge is 2.21. The number of nitrogens with one attached hydrogen (secondary N) is 2. The first-order valence-electron chi connectivity index (χ1n) is 11.8. The Hall–Kier alpha value is -3.87. The number of fused-ring (bicyclic) bond motifs is 1. The molecule has 0 aliphatic heterocycles. The molecule has 0 aliphatic carbocycles. The van der Waals surface area contributed by atoms with Gasteiger partial charge in [0.25, 0.3) is 10.0 Å². The molecule has 0 amide bonds. The first kappa shape index (κ1) is 28.7. The minimum Gasteiger partial charge on any atom is -0.497 e. The van der Waals surface area contributed by atoms with Crippen molar-refractivity contribution >= 4 is 38.4 Å². The van der Waals surface area contributed by atoms with Crippen LogP contribution in [-0.2, 0) is 14.8 Å². The van der Waals surface area contributed by atoms with Crippen molar-refractivity contribution < 1.29 is 32.5 Å². The summed E-state index contributed by atoms with van der Waals surface area (Å²) in [6.45, 7) is 3.76. The summed E-state index contributed by atoms with van der Waals surface area (Å²) in [4.78, 5) is 9.25. The van der Waals surface area contributed by atoms with E-state index in [0.717, 1.165) is 0 Å². The Labute approximate surface area is 222 Å². The van der Waals surface area contributed by atoms with Crippen LogP contribution in [0.3, 0.4) is 0 Å². The van der Waals surface area contributed by atoms with Crippen molar-refractivity contribution in [1.29, 1.82) is 0 Å². The SMILES string of the molecule is CC=CC=C(C)S(=O)(=O)Nc1nc2ccccc2nc1Nc1cc(OC)cc(OC)c1OCCOCCO. The number of hydrogen-bond donors (Lipinski definition) is 3. The van der Waals surface area contributed by atoms with E-state index in [4.69, 9.17) is 24.1 Å². The van der Waals surface area contributed by atoms with Crippen molar-refractivity contribution in [3.63, 3.8) is 0 Å². The fraction of sp³-hybridized carbons (Fsp3) is 0.308. The highest BCUT2D eigenvalue weighted by atomic mass is 32.2. The molecule has 12 heteroatoms. The van der Waals surface area contributed by atoms with E-state index in [9.17, 15) is 8.42 Å². The topological polar surface area (TPSA) is 141 Å². The van der Waals surface area contributed by atoms with E-state index in [1.54, 1.807) is 49.4 Å². The lowest BCUT2D eigenvalue weighted by molar-refractivity contribution is 0.0700. The van der Waals surface area contributed by atoms with Gasteiger partial charge in [-0.15, -0.1) is 0 Å². The molecule has 11 nitrogen and oxygen atoms in total. The number of nitrogens with zero attached hydrogens (tertiary/aromatic N) is 2. The van der Waals surface area contributed by atoms with E-state index in [1.165, 1.54) is 27.2 Å². The standard InChI is InChI=1S/C26H32N4O7S/c1-5-6-9-18(2)38(32,33)30-26-25(27-20-10-7-8-11-21(20)28-26)29-22-16-19(34-3)17-23(35-4)24(22)37-15-14-36-13-12-31/h5-11,16-17,31H,12-15H2,1-4H3,(H,27,29)(H,28,30). The molecule has 204 valence electrons. The average Bonchev–Trinajstić information content (AvgIpc) is 2.91. The van der Waals surface area contributed by atoms with Crippen LogP contribution >= 0.6 is 0 Å². The lowest BCUT2D eigenvalue weighted by atomic mass is 10.2. The number of hydrogen-bond acceptors (Lipinski definition) is 10. The highest BCUT2D eigenvalue weighted by Crippen LogP contribution is 2.41. The Morgan fingerprint density at radius 2 is 1.74 bits per heavy atom. The summed E-state index contributed by atoms with van der Waals surface area (Å²) < 4.78 is 50.7. The van der Waals surface area contributed by atoms with Crippen LogP contribution in [0.25, 0.3) is 11.0 Å². The van der Waals surface area contributed by atoms with Crippen molar-refractivity contribution in [1.82, 2.24) is 9.97 Å². The van der Waals surface area contributed by atoms with Crippen molar-refractivity contribution in [3.05, 3.63) is 59.5 Å². The highest BCUT2D eigenvalue weighted by molar-refractivity contribution is 7.96. The molecule has 1 aromatic heterocycles. The molecule has 0 saturated heterocycles.